The molecule has 1 aliphatic carbocycles. The molecule has 68 heavy (non-hydrogen) atoms. The minimum atomic E-state index is 0.509. The lowest BCUT2D eigenvalue weighted by Crippen LogP contribution is -2.06. The fourth-order valence-corrected chi connectivity index (χ4v) is 9.66. The number of nitrogens with two attached hydrogens (primary N) is 1. The third-order valence-electron chi connectivity index (χ3n) is 12.9. The predicted octanol–water partition coefficient (Wildman–Crippen LogP) is 14.2. The first kappa shape index (κ1) is 40.6. The zero-order chi connectivity index (χ0) is 45.4. The van der Waals surface area contributed by atoms with E-state index in [-0.39, 0.29) is 0 Å². The minimum Gasteiger partial charge on any atom is -0.397 e. The first-order valence-corrected chi connectivity index (χ1v) is 23.1. The Hall–Kier alpha value is -8.94. The molecular formula is C61H45N7. The Balaban J connectivity index is 0.993. The van der Waals surface area contributed by atoms with Gasteiger partial charge < -0.3 is 10.3 Å². The Bertz CT molecular complexity index is 3730. The van der Waals surface area contributed by atoms with Gasteiger partial charge in [-0.15, -0.1) is 0 Å². The van der Waals surface area contributed by atoms with Gasteiger partial charge in [0.1, 0.15) is 5.82 Å². The molecule has 0 saturated carbocycles. The highest BCUT2D eigenvalue weighted by Crippen LogP contribution is 2.36. The van der Waals surface area contributed by atoms with Crippen molar-refractivity contribution in [3.63, 3.8) is 0 Å². The zero-order valence-corrected chi connectivity index (χ0v) is 37.2. The van der Waals surface area contributed by atoms with Gasteiger partial charge in [0.25, 0.3) is 0 Å². The van der Waals surface area contributed by atoms with Gasteiger partial charge in [-0.2, -0.15) is 0 Å². The molecule has 11 aromatic rings. The van der Waals surface area contributed by atoms with Gasteiger partial charge in [-0.3, -0.25) is 4.57 Å². The second-order valence-corrected chi connectivity index (χ2v) is 17.1. The van der Waals surface area contributed by atoms with Crippen molar-refractivity contribution in [2.45, 2.75) is 19.4 Å². The van der Waals surface area contributed by atoms with E-state index in [1.165, 1.54) is 38.4 Å². The number of para-hydroxylation sites is 3. The van der Waals surface area contributed by atoms with E-state index in [0.29, 0.717) is 35.1 Å². The van der Waals surface area contributed by atoms with Gasteiger partial charge in [-0.25, -0.2) is 19.9 Å². The first-order valence-electron chi connectivity index (χ1n) is 23.1. The highest BCUT2D eigenvalue weighted by atomic mass is 15.1. The number of hydrogen-bond acceptors (Lipinski definition) is 5. The molecular weight excluding hydrogens is 831 g/mol. The second-order valence-electron chi connectivity index (χ2n) is 17.1. The summed E-state index contributed by atoms with van der Waals surface area (Å²) in [5.74, 6) is 1.39. The number of aromatic nitrogens is 6. The lowest BCUT2D eigenvalue weighted by Gasteiger charge is -2.15. The van der Waals surface area contributed by atoms with Gasteiger partial charge in [0.2, 0.25) is 0 Å². The van der Waals surface area contributed by atoms with E-state index in [9.17, 15) is 0 Å². The molecule has 0 spiro atoms. The highest BCUT2D eigenvalue weighted by molar-refractivity contribution is 6.08. The van der Waals surface area contributed by atoms with Crippen LogP contribution < -0.4 is 5.73 Å². The normalized spacial score (nSPS) is 12.7. The van der Waals surface area contributed by atoms with Crippen LogP contribution in [0.1, 0.15) is 23.4 Å². The fourth-order valence-electron chi connectivity index (χ4n) is 9.66. The van der Waals surface area contributed by atoms with Crippen molar-refractivity contribution in [3.8, 4) is 62.2 Å². The van der Waals surface area contributed by atoms with Crippen LogP contribution in [0.4, 0.5) is 0 Å². The van der Waals surface area contributed by atoms with E-state index in [1.807, 2.05) is 54.6 Å². The van der Waals surface area contributed by atoms with Crippen LogP contribution in [0.5, 0.6) is 0 Å². The van der Waals surface area contributed by atoms with E-state index in [2.05, 4.69) is 179 Å². The molecule has 0 atom stereocenters. The molecule has 1 aliphatic rings. The van der Waals surface area contributed by atoms with Crippen molar-refractivity contribution in [1.29, 1.82) is 0 Å². The Morgan fingerprint density at radius 1 is 0.500 bits per heavy atom. The van der Waals surface area contributed by atoms with E-state index < -0.39 is 0 Å². The smallest absolute Gasteiger partial charge is 0.160 e. The number of hydrogen-bond donors (Lipinski definition) is 1. The van der Waals surface area contributed by atoms with Gasteiger partial charge >= 0.3 is 0 Å². The molecule has 0 fully saturated rings. The van der Waals surface area contributed by atoms with E-state index in [4.69, 9.17) is 25.7 Å². The molecule has 5 aromatic heterocycles. The average molecular weight is 876 g/mol. The summed E-state index contributed by atoms with van der Waals surface area (Å²) in [6, 6.07) is 67.2. The molecule has 6 aromatic carbocycles. The predicted molar refractivity (Wildman–Crippen MR) is 280 cm³/mol. The summed E-state index contributed by atoms with van der Waals surface area (Å²) in [6.07, 6.45) is 12.5. The van der Waals surface area contributed by atoms with Gasteiger partial charge in [0, 0.05) is 61.7 Å². The summed E-state index contributed by atoms with van der Waals surface area (Å²) in [7, 11) is 0. The number of rotatable bonds is 10. The largest absolute Gasteiger partial charge is 0.397 e. The number of allylic oxidation sites excluding steroid dienone is 4. The number of nitrogens with zero attached hydrogens (tertiary/aromatic N) is 6. The van der Waals surface area contributed by atoms with Crippen molar-refractivity contribution in [1.82, 2.24) is 29.1 Å². The summed E-state index contributed by atoms with van der Waals surface area (Å²) in [4.78, 5) is 21.2. The molecule has 0 unspecified atom stereocenters. The van der Waals surface area contributed by atoms with Crippen LogP contribution in [0.25, 0.3) is 107 Å². The fraction of sp³-hybridized carbons (Fsp3) is 0.0492. The zero-order valence-electron chi connectivity index (χ0n) is 37.2. The van der Waals surface area contributed by atoms with E-state index >= 15 is 0 Å². The van der Waals surface area contributed by atoms with E-state index in [1.54, 1.807) is 0 Å². The average Bonchev–Trinajstić information content (AvgIpc) is 3.92. The summed E-state index contributed by atoms with van der Waals surface area (Å²) in [5, 5.41) is 3.70. The van der Waals surface area contributed by atoms with Crippen LogP contribution in [0.3, 0.4) is 0 Å². The summed E-state index contributed by atoms with van der Waals surface area (Å²) < 4.78 is 4.65. The van der Waals surface area contributed by atoms with Crippen LogP contribution in [-0.4, -0.2) is 29.1 Å². The van der Waals surface area contributed by atoms with Crippen LogP contribution in [0.2, 0.25) is 0 Å². The summed E-state index contributed by atoms with van der Waals surface area (Å²) in [5.41, 5.74) is 22.2. The Kier molecular flexibility index (Phi) is 10.4. The van der Waals surface area contributed by atoms with Crippen molar-refractivity contribution in [2.75, 3.05) is 0 Å². The topological polar surface area (TPSA) is 87.4 Å². The standard InChI is InChI=1S/C61H45N7/c62-50(29-15-16-36-67-56-31-11-7-25-46(56)47-26-8-12-32-57(47)67)54-38-45(39-55(63-54)51-30-18-35-60(64-51)68-58-33-13-9-27-48(58)49-28-10-14-34-59(49)68)61-65-52(42-21-5-2-6-22-42)40-53(66-61)44-24-17-23-43(37-44)41-19-3-1-4-20-41/h1-13,15-33,35,37-40H,14,34,36,62H2/b16-15-,50-29-. The molecule has 324 valence electrons. The molecule has 7 heteroatoms. The van der Waals surface area contributed by atoms with Gasteiger partial charge in [0.15, 0.2) is 5.82 Å². The lowest BCUT2D eigenvalue weighted by atomic mass is 10.0. The molecule has 0 amide bonds. The van der Waals surface area contributed by atoms with Crippen LogP contribution in [0.15, 0.2) is 218 Å². The van der Waals surface area contributed by atoms with Gasteiger partial charge in [-0.1, -0.05) is 164 Å². The Labute approximate surface area is 394 Å². The SMILES string of the molecule is N/C(=C\C=C/Cn1c2ccccc2c2ccccc21)c1cc(-c2nc(-c3ccccc3)cc(-c3cccc(-c4ccccc4)c3)n2)cc(-c2cccc(-n3c4c(c5ccccc53)C=CCC4)n2)n1. The van der Waals surface area contributed by atoms with Crippen molar-refractivity contribution in [3.05, 3.63) is 235 Å². The molecule has 0 aliphatic heterocycles. The quantitative estimate of drug-likeness (QED) is 0.138. The van der Waals surface area contributed by atoms with Crippen LogP contribution >= 0.6 is 0 Å². The molecule has 5 heterocycles. The van der Waals surface area contributed by atoms with E-state index in [0.717, 1.165) is 63.4 Å². The highest BCUT2D eigenvalue weighted by Gasteiger charge is 2.21. The third-order valence-corrected chi connectivity index (χ3v) is 12.9. The number of benzene rings is 6. The van der Waals surface area contributed by atoms with Crippen molar-refractivity contribution in [2.24, 2.45) is 5.73 Å². The number of fused-ring (bicyclic) bond motifs is 6. The van der Waals surface area contributed by atoms with Crippen molar-refractivity contribution >= 4 is 44.5 Å². The van der Waals surface area contributed by atoms with Crippen LogP contribution in [-0.2, 0) is 13.0 Å². The molecule has 0 radical (unpaired) electrons. The monoisotopic (exact) mass is 875 g/mol. The molecule has 2 N–H and O–H groups in total. The van der Waals surface area contributed by atoms with Crippen LogP contribution in [0, 0.1) is 0 Å². The van der Waals surface area contributed by atoms with Crippen molar-refractivity contribution < 1.29 is 0 Å². The summed E-state index contributed by atoms with van der Waals surface area (Å²) in [6.45, 7) is 0.676. The minimum absolute atomic E-state index is 0.509. The second kappa shape index (κ2) is 17.5. The maximum atomic E-state index is 7.06. The Morgan fingerprint density at radius 2 is 1.13 bits per heavy atom. The summed E-state index contributed by atoms with van der Waals surface area (Å²) >= 11 is 0. The third kappa shape index (κ3) is 7.56. The van der Waals surface area contributed by atoms with Gasteiger partial charge in [0.05, 0.1) is 39.7 Å². The molecule has 0 bridgehead atoms. The first-order chi connectivity index (χ1) is 33.6. The Morgan fingerprint density at radius 3 is 1.90 bits per heavy atom. The maximum Gasteiger partial charge on any atom is 0.160 e. The molecule has 7 nitrogen and oxygen atoms in total. The van der Waals surface area contributed by atoms with Gasteiger partial charge in [-0.05, 0) is 84.6 Å². The lowest BCUT2D eigenvalue weighted by molar-refractivity contribution is 0.872. The number of pyridine rings is 2. The molecule has 12 rings (SSSR count). The molecule has 0 saturated heterocycles. The maximum absolute atomic E-state index is 7.06.